The Morgan fingerprint density at radius 2 is 1.67 bits per heavy atom. The second kappa shape index (κ2) is 7.69. The minimum absolute atomic E-state index is 0.0949. The van der Waals surface area contributed by atoms with Crippen molar-refractivity contribution < 1.29 is 9.59 Å². The number of nitrogen functional groups attached to an aromatic ring is 1. The van der Waals surface area contributed by atoms with Crippen LogP contribution in [0.2, 0.25) is 5.02 Å². The fraction of sp³-hybridized carbons (Fsp3) is 0.0833. The molecule has 0 radical (unpaired) electrons. The lowest BCUT2D eigenvalue weighted by atomic mass is 10.1. The summed E-state index contributed by atoms with van der Waals surface area (Å²) in [4.78, 5) is 26.3. The van der Waals surface area contributed by atoms with Crippen molar-refractivity contribution in [1.82, 2.24) is 4.57 Å². The van der Waals surface area contributed by atoms with E-state index >= 15 is 0 Å². The first-order valence-electron chi connectivity index (χ1n) is 9.44. The van der Waals surface area contributed by atoms with Gasteiger partial charge in [0, 0.05) is 21.7 Å². The third-order valence-corrected chi connectivity index (χ3v) is 5.48. The largest absolute Gasteiger partial charge is 0.384 e. The van der Waals surface area contributed by atoms with Crippen LogP contribution in [-0.4, -0.2) is 16.4 Å². The molecular weight excluding hydrogens is 398 g/mol. The van der Waals surface area contributed by atoms with Gasteiger partial charge in [0.2, 0.25) is 0 Å². The summed E-state index contributed by atoms with van der Waals surface area (Å²) in [5, 5.41) is 3.99. The number of para-hydroxylation sites is 1. The SMILES string of the molecule is Cc1ccc(C(=O)n2c(N)c(C(=O)Nc3ccc(C)c(Cl)c3)c3ccccc32)cc1. The van der Waals surface area contributed by atoms with Crippen LogP contribution in [0.5, 0.6) is 0 Å². The van der Waals surface area contributed by atoms with Crippen LogP contribution in [0.1, 0.15) is 31.8 Å². The highest BCUT2D eigenvalue weighted by atomic mass is 35.5. The molecule has 30 heavy (non-hydrogen) atoms. The Balaban J connectivity index is 1.80. The minimum atomic E-state index is -0.404. The lowest BCUT2D eigenvalue weighted by Crippen LogP contribution is -2.18. The zero-order valence-electron chi connectivity index (χ0n) is 16.6. The molecular formula is C24H20ClN3O2. The number of nitrogens with zero attached hydrogens (tertiary/aromatic N) is 1. The molecule has 4 rings (SSSR count). The summed E-state index contributed by atoms with van der Waals surface area (Å²) >= 11 is 6.17. The van der Waals surface area contributed by atoms with Gasteiger partial charge in [-0.1, -0.05) is 53.6 Å². The van der Waals surface area contributed by atoms with Crippen molar-refractivity contribution in [2.75, 3.05) is 11.1 Å². The summed E-state index contributed by atoms with van der Waals surface area (Å²) in [6.07, 6.45) is 0. The van der Waals surface area contributed by atoms with E-state index in [4.69, 9.17) is 17.3 Å². The number of nitrogens with two attached hydrogens (primary N) is 1. The average molecular weight is 418 g/mol. The standard InChI is InChI=1S/C24H20ClN3O2/c1-14-7-10-16(11-8-14)24(30)28-20-6-4-3-5-18(20)21(22(28)26)23(29)27-17-12-9-15(2)19(25)13-17/h3-13H,26H2,1-2H3,(H,27,29). The van der Waals surface area contributed by atoms with E-state index in [1.807, 2.05) is 44.2 Å². The van der Waals surface area contributed by atoms with Crippen LogP contribution in [0.3, 0.4) is 0 Å². The first-order chi connectivity index (χ1) is 14.4. The molecule has 5 nitrogen and oxygen atoms in total. The van der Waals surface area contributed by atoms with Crippen LogP contribution in [0, 0.1) is 13.8 Å². The number of carbonyl (C=O) groups excluding carboxylic acids is 2. The summed E-state index contributed by atoms with van der Waals surface area (Å²) in [6.45, 7) is 3.84. The molecule has 6 heteroatoms. The molecule has 0 aliphatic heterocycles. The molecule has 0 fully saturated rings. The van der Waals surface area contributed by atoms with Crippen molar-refractivity contribution in [3.63, 3.8) is 0 Å². The topological polar surface area (TPSA) is 77.1 Å². The van der Waals surface area contributed by atoms with Gasteiger partial charge in [-0.2, -0.15) is 0 Å². The van der Waals surface area contributed by atoms with Gasteiger partial charge in [-0.15, -0.1) is 0 Å². The van der Waals surface area contributed by atoms with Gasteiger partial charge in [0.05, 0.1) is 11.1 Å². The monoisotopic (exact) mass is 417 g/mol. The Hall–Kier alpha value is -3.57. The Morgan fingerprint density at radius 3 is 2.37 bits per heavy atom. The highest BCUT2D eigenvalue weighted by Gasteiger charge is 2.24. The van der Waals surface area contributed by atoms with E-state index in [0.29, 0.717) is 27.2 Å². The number of carbonyl (C=O) groups is 2. The molecule has 0 spiro atoms. The smallest absolute Gasteiger partial charge is 0.263 e. The van der Waals surface area contributed by atoms with Crippen molar-refractivity contribution in [3.8, 4) is 0 Å². The summed E-state index contributed by atoms with van der Waals surface area (Å²) in [6, 6.07) is 19.7. The van der Waals surface area contributed by atoms with Crippen molar-refractivity contribution in [1.29, 1.82) is 0 Å². The zero-order valence-corrected chi connectivity index (χ0v) is 17.3. The second-order valence-electron chi connectivity index (χ2n) is 7.20. The molecule has 0 saturated heterocycles. The van der Waals surface area contributed by atoms with Gasteiger partial charge in [0.15, 0.2) is 0 Å². The first-order valence-corrected chi connectivity index (χ1v) is 9.82. The quantitative estimate of drug-likeness (QED) is 0.466. The van der Waals surface area contributed by atoms with Gasteiger partial charge in [-0.05, 0) is 49.7 Å². The molecule has 0 unspecified atom stereocenters. The Morgan fingerprint density at radius 1 is 0.967 bits per heavy atom. The van der Waals surface area contributed by atoms with Gasteiger partial charge in [0.1, 0.15) is 5.82 Å². The number of hydrogen-bond donors (Lipinski definition) is 2. The first kappa shape index (κ1) is 19.7. The number of aryl methyl sites for hydroxylation is 2. The van der Waals surface area contributed by atoms with Gasteiger partial charge in [-0.3, -0.25) is 14.2 Å². The molecule has 0 aliphatic rings. The maximum atomic E-state index is 13.2. The molecule has 1 aromatic heterocycles. The number of aromatic nitrogens is 1. The predicted octanol–water partition coefficient (Wildman–Crippen LogP) is 5.43. The number of benzene rings is 3. The highest BCUT2D eigenvalue weighted by molar-refractivity contribution is 6.31. The van der Waals surface area contributed by atoms with E-state index in [1.54, 1.807) is 36.4 Å². The Bertz CT molecular complexity index is 1290. The number of anilines is 2. The molecule has 0 bridgehead atoms. The maximum absolute atomic E-state index is 13.2. The molecule has 150 valence electrons. The van der Waals surface area contributed by atoms with E-state index in [0.717, 1.165) is 11.1 Å². The van der Waals surface area contributed by atoms with Crippen LogP contribution in [-0.2, 0) is 0 Å². The summed E-state index contributed by atoms with van der Waals surface area (Å²) in [7, 11) is 0. The molecule has 1 heterocycles. The Kier molecular flexibility index (Phi) is 5.06. The Labute approximate surface area is 179 Å². The van der Waals surface area contributed by atoms with Crippen molar-refractivity contribution >= 4 is 45.8 Å². The lowest BCUT2D eigenvalue weighted by Gasteiger charge is -2.09. The second-order valence-corrected chi connectivity index (χ2v) is 7.61. The third kappa shape index (κ3) is 3.44. The van der Waals surface area contributed by atoms with Crippen LogP contribution in [0.4, 0.5) is 11.5 Å². The summed E-state index contributed by atoms with van der Waals surface area (Å²) in [5.74, 6) is -0.599. The number of nitrogens with one attached hydrogen (secondary N) is 1. The lowest BCUT2D eigenvalue weighted by molar-refractivity contribution is 0.0967. The van der Waals surface area contributed by atoms with Crippen LogP contribution in [0.15, 0.2) is 66.7 Å². The van der Waals surface area contributed by atoms with E-state index in [2.05, 4.69) is 5.32 Å². The van der Waals surface area contributed by atoms with Gasteiger partial charge in [0.25, 0.3) is 11.8 Å². The number of halogens is 1. The predicted molar refractivity (Wildman–Crippen MR) is 121 cm³/mol. The van der Waals surface area contributed by atoms with E-state index in [9.17, 15) is 9.59 Å². The average Bonchev–Trinajstić information content (AvgIpc) is 3.02. The number of hydrogen-bond acceptors (Lipinski definition) is 3. The minimum Gasteiger partial charge on any atom is -0.384 e. The van der Waals surface area contributed by atoms with E-state index < -0.39 is 5.91 Å². The van der Waals surface area contributed by atoms with Crippen LogP contribution < -0.4 is 11.1 Å². The fourth-order valence-corrected chi connectivity index (χ4v) is 3.59. The van der Waals surface area contributed by atoms with E-state index in [1.165, 1.54) is 4.57 Å². The molecule has 1 amide bonds. The molecule has 0 aliphatic carbocycles. The van der Waals surface area contributed by atoms with Crippen LogP contribution >= 0.6 is 11.6 Å². The number of fused-ring (bicyclic) bond motifs is 1. The molecule has 0 saturated carbocycles. The van der Waals surface area contributed by atoms with E-state index in [-0.39, 0.29) is 17.3 Å². The van der Waals surface area contributed by atoms with Gasteiger partial charge < -0.3 is 11.1 Å². The molecule has 3 aromatic carbocycles. The fourth-order valence-electron chi connectivity index (χ4n) is 3.41. The third-order valence-electron chi connectivity index (χ3n) is 5.07. The van der Waals surface area contributed by atoms with Crippen molar-refractivity contribution in [2.24, 2.45) is 0 Å². The number of amides is 1. The number of rotatable bonds is 3. The molecule has 0 atom stereocenters. The highest BCUT2D eigenvalue weighted by Crippen LogP contribution is 2.30. The summed E-state index contributed by atoms with van der Waals surface area (Å²) in [5.41, 5.74) is 10.2. The maximum Gasteiger partial charge on any atom is 0.263 e. The molecule has 4 aromatic rings. The zero-order chi connectivity index (χ0) is 21.4. The van der Waals surface area contributed by atoms with Crippen molar-refractivity contribution in [2.45, 2.75) is 13.8 Å². The summed E-state index contributed by atoms with van der Waals surface area (Å²) < 4.78 is 1.39. The van der Waals surface area contributed by atoms with Crippen molar-refractivity contribution in [3.05, 3.63) is 94.0 Å². The van der Waals surface area contributed by atoms with Gasteiger partial charge in [-0.25, -0.2) is 0 Å². The molecule has 3 N–H and O–H groups in total. The van der Waals surface area contributed by atoms with Gasteiger partial charge >= 0.3 is 0 Å². The van der Waals surface area contributed by atoms with Crippen LogP contribution in [0.25, 0.3) is 10.9 Å². The normalized spacial score (nSPS) is 10.9.